The molecule has 0 saturated carbocycles. The van der Waals surface area contributed by atoms with Crippen molar-refractivity contribution < 1.29 is 9.53 Å². The maximum absolute atomic E-state index is 12.6. The largest absolute Gasteiger partial charge is 0.496 e. The van der Waals surface area contributed by atoms with Crippen LogP contribution in [0.1, 0.15) is 40.4 Å². The molecule has 1 heterocycles. The summed E-state index contributed by atoms with van der Waals surface area (Å²) in [7, 11) is 1.62. The number of carbonyl (C=O) groups is 1. The molecule has 1 aliphatic rings. The van der Waals surface area contributed by atoms with Crippen molar-refractivity contribution in [3.05, 3.63) is 64.2 Å². The number of halogens is 1. The molecule has 0 radical (unpaired) electrons. The molecule has 1 atom stereocenters. The van der Waals surface area contributed by atoms with Crippen molar-refractivity contribution in [3.8, 4) is 5.75 Å². The van der Waals surface area contributed by atoms with Crippen LogP contribution in [-0.4, -0.2) is 37.6 Å². The molecule has 2 aromatic rings. The summed E-state index contributed by atoms with van der Waals surface area (Å²) in [5.41, 5.74) is 2.76. The Labute approximate surface area is 160 Å². The molecule has 0 aromatic heterocycles. The number of methoxy groups -OCH3 is 1. The van der Waals surface area contributed by atoms with Crippen molar-refractivity contribution in [2.24, 2.45) is 0 Å². The highest BCUT2D eigenvalue weighted by Crippen LogP contribution is 2.26. The molecular formula is C21H25ClN2O2. The molecule has 1 N–H and O–H groups in total. The molecule has 26 heavy (non-hydrogen) atoms. The number of ether oxygens (including phenoxy) is 1. The van der Waals surface area contributed by atoms with E-state index in [0.29, 0.717) is 12.1 Å². The maximum Gasteiger partial charge on any atom is 0.251 e. The maximum atomic E-state index is 12.6. The van der Waals surface area contributed by atoms with Gasteiger partial charge in [-0.2, -0.15) is 0 Å². The summed E-state index contributed by atoms with van der Waals surface area (Å²) in [6, 6.07) is 13.6. The van der Waals surface area contributed by atoms with Crippen LogP contribution < -0.4 is 10.1 Å². The van der Waals surface area contributed by atoms with E-state index in [2.05, 4.69) is 16.3 Å². The molecule has 4 nitrogen and oxygen atoms in total. The number of nitrogens with zero attached hydrogens (tertiary/aromatic N) is 1. The Kier molecular flexibility index (Phi) is 6.17. The Morgan fingerprint density at radius 2 is 2.00 bits per heavy atom. The lowest BCUT2D eigenvalue weighted by atomic mass is 10.0. The van der Waals surface area contributed by atoms with Crippen LogP contribution in [0.5, 0.6) is 5.75 Å². The highest BCUT2D eigenvalue weighted by molar-refractivity contribution is 6.30. The van der Waals surface area contributed by atoms with Crippen molar-refractivity contribution in [2.75, 3.05) is 26.7 Å². The van der Waals surface area contributed by atoms with Gasteiger partial charge in [0.25, 0.3) is 5.91 Å². The first-order chi connectivity index (χ1) is 12.6. The predicted octanol–water partition coefficient (Wildman–Crippen LogP) is 4.22. The minimum atomic E-state index is -0.0884. The van der Waals surface area contributed by atoms with Crippen molar-refractivity contribution in [3.63, 3.8) is 0 Å². The number of benzene rings is 2. The monoisotopic (exact) mass is 372 g/mol. The van der Waals surface area contributed by atoms with Gasteiger partial charge in [-0.3, -0.25) is 9.69 Å². The highest BCUT2D eigenvalue weighted by Gasteiger charge is 2.24. The van der Waals surface area contributed by atoms with Crippen LogP contribution in [0.3, 0.4) is 0 Å². The summed E-state index contributed by atoms with van der Waals surface area (Å²) >= 11 is 6.18. The molecule has 0 spiro atoms. The number of nitrogens with one attached hydrogen (secondary N) is 1. The fourth-order valence-corrected chi connectivity index (χ4v) is 3.68. The highest BCUT2D eigenvalue weighted by atomic mass is 35.5. The summed E-state index contributed by atoms with van der Waals surface area (Å²) in [5.74, 6) is 0.637. The van der Waals surface area contributed by atoms with Crippen LogP contribution in [0, 0.1) is 6.92 Å². The number of aryl methyl sites for hydroxylation is 1. The Morgan fingerprint density at radius 3 is 2.69 bits per heavy atom. The zero-order valence-corrected chi connectivity index (χ0v) is 16.1. The Balaban J connectivity index is 1.74. The Morgan fingerprint density at radius 1 is 1.23 bits per heavy atom. The van der Waals surface area contributed by atoms with E-state index >= 15 is 0 Å². The van der Waals surface area contributed by atoms with Crippen molar-refractivity contribution >= 4 is 17.5 Å². The number of hydrogen-bond donors (Lipinski definition) is 1. The standard InChI is InChI=1S/C21H25ClN2O2/c1-15-8-9-17(13-20(15)26-2)21(25)23-14-19(24-10-3-4-11-24)16-6-5-7-18(22)12-16/h5-9,12-13,19H,3-4,10-11,14H2,1-2H3,(H,23,25). The average molecular weight is 373 g/mol. The van der Waals surface area contributed by atoms with E-state index in [1.54, 1.807) is 13.2 Å². The summed E-state index contributed by atoms with van der Waals surface area (Å²) in [4.78, 5) is 15.0. The minimum Gasteiger partial charge on any atom is -0.496 e. The normalized spacial score (nSPS) is 15.7. The van der Waals surface area contributed by atoms with E-state index in [-0.39, 0.29) is 11.9 Å². The Bertz CT molecular complexity index is 772. The molecule has 2 aromatic carbocycles. The lowest BCUT2D eigenvalue weighted by Crippen LogP contribution is -2.36. The van der Waals surface area contributed by atoms with E-state index in [4.69, 9.17) is 16.3 Å². The fraction of sp³-hybridized carbons (Fsp3) is 0.381. The van der Waals surface area contributed by atoms with Crippen LogP contribution in [0.25, 0.3) is 0 Å². The van der Waals surface area contributed by atoms with Gasteiger partial charge in [0.05, 0.1) is 13.2 Å². The molecule has 3 rings (SSSR count). The molecule has 1 fully saturated rings. The van der Waals surface area contributed by atoms with E-state index in [0.717, 1.165) is 35.0 Å². The van der Waals surface area contributed by atoms with Crippen molar-refractivity contribution in [1.29, 1.82) is 0 Å². The third kappa shape index (κ3) is 4.37. The summed E-state index contributed by atoms with van der Waals surface area (Å²) in [6.45, 7) is 4.61. The number of hydrogen-bond acceptors (Lipinski definition) is 3. The van der Waals surface area contributed by atoms with Crippen LogP contribution in [0.2, 0.25) is 5.02 Å². The smallest absolute Gasteiger partial charge is 0.251 e. The molecule has 1 unspecified atom stereocenters. The van der Waals surface area contributed by atoms with Crippen LogP contribution in [0.4, 0.5) is 0 Å². The van der Waals surface area contributed by atoms with Gasteiger partial charge in [-0.05, 0) is 68.2 Å². The molecule has 138 valence electrons. The van der Waals surface area contributed by atoms with Gasteiger partial charge in [0, 0.05) is 17.1 Å². The second-order valence-electron chi connectivity index (χ2n) is 6.71. The summed E-state index contributed by atoms with van der Waals surface area (Å²) < 4.78 is 5.32. The second kappa shape index (κ2) is 8.56. The quantitative estimate of drug-likeness (QED) is 0.825. The van der Waals surface area contributed by atoms with Gasteiger partial charge < -0.3 is 10.1 Å². The van der Waals surface area contributed by atoms with Crippen LogP contribution >= 0.6 is 11.6 Å². The van der Waals surface area contributed by atoms with Gasteiger partial charge in [-0.1, -0.05) is 29.8 Å². The van der Waals surface area contributed by atoms with Crippen LogP contribution in [-0.2, 0) is 0 Å². The first kappa shape index (κ1) is 18.7. The van der Waals surface area contributed by atoms with Gasteiger partial charge in [0.1, 0.15) is 5.75 Å². The van der Waals surface area contributed by atoms with Crippen molar-refractivity contribution in [1.82, 2.24) is 10.2 Å². The number of carbonyl (C=O) groups excluding carboxylic acids is 1. The molecule has 0 aliphatic carbocycles. The molecule has 5 heteroatoms. The molecule has 1 aliphatic heterocycles. The topological polar surface area (TPSA) is 41.6 Å². The lowest BCUT2D eigenvalue weighted by molar-refractivity contribution is 0.0937. The van der Waals surface area contributed by atoms with Gasteiger partial charge >= 0.3 is 0 Å². The number of rotatable bonds is 6. The lowest BCUT2D eigenvalue weighted by Gasteiger charge is -2.28. The van der Waals surface area contributed by atoms with Crippen LogP contribution in [0.15, 0.2) is 42.5 Å². The number of amides is 1. The van der Waals surface area contributed by atoms with Gasteiger partial charge in [-0.15, -0.1) is 0 Å². The first-order valence-corrected chi connectivity index (χ1v) is 9.38. The summed E-state index contributed by atoms with van der Waals surface area (Å²) in [5, 5.41) is 3.81. The molecule has 1 saturated heterocycles. The minimum absolute atomic E-state index is 0.0884. The van der Waals surface area contributed by atoms with Gasteiger partial charge in [-0.25, -0.2) is 0 Å². The summed E-state index contributed by atoms with van der Waals surface area (Å²) in [6.07, 6.45) is 2.39. The van der Waals surface area contributed by atoms with Gasteiger partial charge in [0.15, 0.2) is 0 Å². The van der Waals surface area contributed by atoms with E-state index in [1.165, 1.54) is 12.8 Å². The Hall–Kier alpha value is -2.04. The first-order valence-electron chi connectivity index (χ1n) is 9.01. The predicted molar refractivity (Wildman–Crippen MR) is 105 cm³/mol. The zero-order chi connectivity index (χ0) is 18.5. The van der Waals surface area contributed by atoms with Crippen molar-refractivity contribution in [2.45, 2.75) is 25.8 Å². The third-order valence-corrected chi connectivity index (χ3v) is 5.18. The third-order valence-electron chi connectivity index (χ3n) is 4.94. The molecule has 0 bridgehead atoms. The zero-order valence-electron chi connectivity index (χ0n) is 15.3. The average Bonchev–Trinajstić information content (AvgIpc) is 3.16. The molecular weight excluding hydrogens is 348 g/mol. The second-order valence-corrected chi connectivity index (χ2v) is 7.14. The van der Waals surface area contributed by atoms with Gasteiger partial charge in [0.2, 0.25) is 0 Å². The van der Waals surface area contributed by atoms with E-state index < -0.39 is 0 Å². The number of likely N-dealkylation sites (tertiary alicyclic amines) is 1. The van der Waals surface area contributed by atoms with E-state index in [9.17, 15) is 4.79 Å². The van der Waals surface area contributed by atoms with E-state index in [1.807, 2.05) is 37.3 Å². The SMILES string of the molecule is COc1cc(C(=O)NCC(c2cccc(Cl)c2)N2CCCC2)ccc1C. The molecule has 1 amide bonds. The fourth-order valence-electron chi connectivity index (χ4n) is 3.48.